The summed E-state index contributed by atoms with van der Waals surface area (Å²) in [5, 5.41) is 2.79. The minimum Gasteiger partial charge on any atom is -0.489 e. The Balaban J connectivity index is 1.44. The monoisotopic (exact) mass is 500 g/mol. The van der Waals surface area contributed by atoms with Gasteiger partial charge in [0.2, 0.25) is 15.9 Å². The molecule has 0 fully saturated rings. The molecule has 4 rings (SSSR count). The number of hydrogen-bond donors (Lipinski definition) is 1. The third kappa shape index (κ3) is 6.81. The fourth-order valence-electron chi connectivity index (χ4n) is 3.60. The third-order valence-electron chi connectivity index (χ3n) is 5.57. The predicted octanol–water partition coefficient (Wildman–Crippen LogP) is 5.40. The molecule has 0 atom stereocenters. The quantitative estimate of drug-likeness (QED) is 0.316. The predicted molar refractivity (Wildman–Crippen MR) is 141 cm³/mol. The maximum Gasteiger partial charge on any atom is 0.243 e. The maximum atomic E-state index is 13.4. The summed E-state index contributed by atoms with van der Waals surface area (Å²) in [4.78, 5) is 13.0. The number of anilines is 1. The number of amides is 1. The lowest BCUT2D eigenvalue weighted by molar-refractivity contribution is -0.116. The molecule has 4 aromatic carbocycles. The summed E-state index contributed by atoms with van der Waals surface area (Å²) in [6, 6.07) is 32.6. The third-order valence-corrected chi connectivity index (χ3v) is 7.37. The van der Waals surface area contributed by atoms with E-state index in [4.69, 9.17) is 4.74 Å². The van der Waals surface area contributed by atoms with Crippen LogP contribution in [0, 0.1) is 6.92 Å². The Bertz CT molecular complexity index is 1370. The van der Waals surface area contributed by atoms with Crippen LogP contribution in [0.15, 0.2) is 114 Å². The minimum atomic E-state index is -3.88. The van der Waals surface area contributed by atoms with Crippen molar-refractivity contribution in [2.45, 2.75) is 25.0 Å². The smallest absolute Gasteiger partial charge is 0.243 e. The van der Waals surface area contributed by atoms with Gasteiger partial charge in [0.1, 0.15) is 12.4 Å². The van der Waals surface area contributed by atoms with Crippen LogP contribution in [0.4, 0.5) is 5.69 Å². The highest BCUT2D eigenvalue weighted by Gasteiger charge is 2.27. The van der Waals surface area contributed by atoms with Crippen molar-refractivity contribution in [3.63, 3.8) is 0 Å². The highest BCUT2D eigenvalue weighted by molar-refractivity contribution is 7.89. The largest absolute Gasteiger partial charge is 0.489 e. The number of carbonyl (C=O) groups is 1. The van der Waals surface area contributed by atoms with Crippen molar-refractivity contribution >= 4 is 21.6 Å². The molecule has 184 valence electrons. The van der Waals surface area contributed by atoms with Crippen molar-refractivity contribution in [1.82, 2.24) is 4.31 Å². The van der Waals surface area contributed by atoms with E-state index in [2.05, 4.69) is 5.32 Å². The van der Waals surface area contributed by atoms with Crippen LogP contribution in [0.3, 0.4) is 0 Å². The molecular weight excluding hydrogens is 472 g/mol. The Morgan fingerprint density at radius 1 is 0.778 bits per heavy atom. The first-order valence-electron chi connectivity index (χ1n) is 11.6. The fraction of sp³-hybridized carbons (Fsp3) is 0.138. The van der Waals surface area contributed by atoms with Crippen molar-refractivity contribution in [3.05, 3.63) is 126 Å². The van der Waals surface area contributed by atoms with Gasteiger partial charge in [0.25, 0.3) is 0 Å². The van der Waals surface area contributed by atoms with Gasteiger partial charge in [-0.25, -0.2) is 8.42 Å². The van der Waals surface area contributed by atoms with E-state index in [0.29, 0.717) is 18.0 Å². The number of rotatable bonds is 10. The van der Waals surface area contributed by atoms with E-state index in [0.717, 1.165) is 16.7 Å². The molecule has 0 spiro atoms. The van der Waals surface area contributed by atoms with Gasteiger partial charge in [-0.05, 0) is 54.4 Å². The number of ether oxygens (including phenoxy) is 1. The summed E-state index contributed by atoms with van der Waals surface area (Å²) in [5.41, 5.74) is 3.49. The number of hydrogen-bond acceptors (Lipinski definition) is 4. The molecule has 1 amide bonds. The number of sulfonamides is 1. The summed E-state index contributed by atoms with van der Waals surface area (Å²) < 4.78 is 33.7. The molecule has 0 unspecified atom stereocenters. The molecule has 0 saturated carbocycles. The van der Waals surface area contributed by atoms with Gasteiger partial charge in [-0.3, -0.25) is 4.79 Å². The van der Waals surface area contributed by atoms with Gasteiger partial charge in [-0.15, -0.1) is 0 Å². The van der Waals surface area contributed by atoms with E-state index < -0.39 is 15.9 Å². The second kappa shape index (κ2) is 11.7. The molecule has 0 radical (unpaired) electrons. The van der Waals surface area contributed by atoms with Crippen LogP contribution in [0.1, 0.15) is 16.7 Å². The van der Waals surface area contributed by atoms with E-state index >= 15 is 0 Å². The average molecular weight is 501 g/mol. The van der Waals surface area contributed by atoms with Crippen LogP contribution >= 0.6 is 0 Å². The summed E-state index contributed by atoms with van der Waals surface area (Å²) in [6.07, 6.45) is 0. The van der Waals surface area contributed by atoms with Crippen LogP contribution in [-0.4, -0.2) is 25.2 Å². The molecule has 4 aromatic rings. The van der Waals surface area contributed by atoms with Gasteiger partial charge in [0.15, 0.2) is 0 Å². The molecular formula is C29H28N2O4S. The molecule has 0 aliphatic heterocycles. The molecule has 6 nitrogen and oxygen atoms in total. The second-order valence-corrected chi connectivity index (χ2v) is 10.4. The Labute approximate surface area is 212 Å². The lowest BCUT2D eigenvalue weighted by atomic mass is 10.1. The summed E-state index contributed by atoms with van der Waals surface area (Å²) >= 11 is 0. The average Bonchev–Trinajstić information content (AvgIpc) is 2.90. The zero-order valence-electron chi connectivity index (χ0n) is 20.0. The number of nitrogens with zero attached hydrogens (tertiary/aromatic N) is 1. The highest BCUT2D eigenvalue weighted by atomic mass is 32.2. The fourth-order valence-corrected chi connectivity index (χ4v) is 5.01. The second-order valence-electron chi connectivity index (χ2n) is 8.42. The first-order chi connectivity index (χ1) is 17.4. The van der Waals surface area contributed by atoms with E-state index in [1.165, 1.54) is 16.4 Å². The van der Waals surface area contributed by atoms with Gasteiger partial charge in [-0.1, -0.05) is 78.4 Å². The van der Waals surface area contributed by atoms with Gasteiger partial charge in [0.05, 0.1) is 11.4 Å². The Kier molecular flexibility index (Phi) is 8.15. The molecule has 0 heterocycles. The summed E-state index contributed by atoms with van der Waals surface area (Å²) in [7, 11) is -3.88. The standard InChI is InChI=1S/C29H28N2O4S/c1-23-12-14-24(15-13-23)20-31(36(33,34)28-10-6-3-7-11-28)21-29(32)30-26-16-18-27(19-17-26)35-22-25-8-4-2-5-9-25/h2-19H,20-22H2,1H3,(H,30,32). The van der Waals surface area contributed by atoms with Crippen LogP contribution in [0.25, 0.3) is 0 Å². The van der Waals surface area contributed by atoms with Crippen molar-refractivity contribution in [3.8, 4) is 5.75 Å². The molecule has 0 aliphatic rings. The summed E-state index contributed by atoms with van der Waals surface area (Å²) in [6.45, 7) is 2.17. The van der Waals surface area contributed by atoms with E-state index in [1.54, 1.807) is 42.5 Å². The molecule has 0 saturated heterocycles. The molecule has 0 aliphatic carbocycles. The first-order valence-corrected chi connectivity index (χ1v) is 13.0. The lowest BCUT2D eigenvalue weighted by Crippen LogP contribution is -2.37. The zero-order valence-corrected chi connectivity index (χ0v) is 20.8. The SMILES string of the molecule is Cc1ccc(CN(CC(=O)Nc2ccc(OCc3ccccc3)cc2)S(=O)(=O)c2ccccc2)cc1. The number of carbonyl (C=O) groups excluding carboxylic acids is 1. The number of nitrogens with one attached hydrogen (secondary N) is 1. The van der Waals surface area contributed by atoms with Crippen molar-refractivity contribution in [2.75, 3.05) is 11.9 Å². The number of aryl methyl sites for hydroxylation is 1. The lowest BCUT2D eigenvalue weighted by Gasteiger charge is -2.22. The van der Waals surface area contributed by atoms with E-state index in [9.17, 15) is 13.2 Å². The van der Waals surface area contributed by atoms with E-state index in [-0.39, 0.29) is 18.0 Å². The number of benzene rings is 4. The van der Waals surface area contributed by atoms with Crippen molar-refractivity contribution in [2.24, 2.45) is 0 Å². The Hall–Kier alpha value is -3.94. The van der Waals surface area contributed by atoms with Crippen LogP contribution in [0.2, 0.25) is 0 Å². The molecule has 0 bridgehead atoms. The van der Waals surface area contributed by atoms with Crippen LogP contribution in [-0.2, 0) is 28.0 Å². The Morgan fingerprint density at radius 2 is 1.39 bits per heavy atom. The maximum absolute atomic E-state index is 13.4. The van der Waals surface area contributed by atoms with E-state index in [1.807, 2.05) is 61.5 Å². The molecule has 7 heteroatoms. The first kappa shape index (κ1) is 25.2. The normalized spacial score (nSPS) is 11.3. The zero-order chi connectivity index (χ0) is 25.4. The highest BCUT2D eigenvalue weighted by Crippen LogP contribution is 2.20. The van der Waals surface area contributed by atoms with Gasteiger partial charge in [-0.2, -0.15) is 4.31 Å². The van der Waals surface area contributed by atoms with Gasteiger partial charge in [0, 0.05) is 12.2 Å². The molecule has 36 heavy (non-hydrogen) atoms. The topological polar surface area (TPSA) is 75.7 Å². The minimum absolute atomic E-state index is 0.0805. The van der Waals surface area contributed by atoms with Gasteiger partial charge >= 0.3 is 0 Å². The van der Waals surface area contributed by atoms with Gasteiger partial charge < -0.3 is 10.1 Å². The van der Waals surface area contributed by atoms with Crippen LogP contribution in [0.5, 0.6) is 5.75 Å². The molecule has 1 N–H and O–H groups in total. The van der Waals surface area contributed by atoms with Crippen LogP contribution < -0.4 is 10.1 Å². The van der Waals surface area contributed by atoms with Crippen molar-refractivity contribution < 1.29 is 17.9 Å². The summed E-state index contributed by atoms with van der Waals surface area (Å²) in [5.74, 6) is 0.240. The molecule has 0 aromatic heterocycles. The van der Waals surface area contributed by atoms with Crippen molar-refractivity contribution in [1.29, 1.82) is 0 Å². The Morgan fingerprint density at radius 3 is 2.03 bits per heavy atom.